The van der Waals surface area contributed by atoms with Gasteiger partial charge in [0, 0.05) is 19.8 Å². The molecule has 8 nitrogen and oxygen atoms in total. The molecule has 1 aromatic rings. The molecule has 0 aromatic carbocycles. The highest BCUT2D eigenvalue weighted by Crippen LogP contribution is 2.12. The average molecular weight is 268 g/mol. The molecule has 1 aliphatic rings. The molecule has 8 heteroatoms. The molecular weight excluding hydrogens is 252 g/mol. The standard InChI is InChI=1S/C11H16N4O4/c16-10(12-5-8-1-3-19-4-2-8)7-15-6-9(11(17)18)13-14-15/h6,8H,1-5,7H2,(H,12,16)(H,17,18). The van der Waals surface area contributed by atoms with Gasteiger partial charge in [0.25, 0.3) is 0 Å². The number of hydrogen-bond acceptors (Lipinski definition) is 5. The molecule has 1 saturated heterocycles. The highest BCUT2D eigenvalue weighted by Gasteiger charge is 2.15. The van der Waals surface area contributed by atoms with Crippen LogP contribution >= 0.6 is 0 Å². The van der Waals surface area contributed by atoms with Gasteiger partial charge in [0.15, 0.2) is 5.69 Å². The lowest BCUT2D eigenvalue weighted by Crippen LogP contribution is -2.34. The van der Waals surface area contributed by atoms with Crippen molar-refractivity contribution >= 4 is 11.9 Å². The maximum atomic E-state index is 11.7. The summed E-state index contributed by atoms with van der Waals surface area (Å²) in [6.45, 7) is 2.07. The van der Waals surface area contributed by atoms with Crippen molar-refractivity contribution < 1.29 is 19.4 Å². The number of carbonyl (C=O) groups is 2. The van der Waals surface area contributed by atoms with Crippen molar-refractivity contribution in [3.63, 3.8) is 0 Å². The Bertz CT molecular complexity index is 453. The fourth-order valence-corrected chi connectivity index (χ4v) is 1.89. The minimum atomic E-state index is -1.16. The monoisotopic (exact) mass is 268 g/mol. The zero-order valence-electron chi connectivity index (χ0n) is 10.4. The number of nitrogens with zero attached hydrogens (tertiary/aromatic N) is 3. The van der Waals surface area contributed by atoms with Gasteiger partial charge in [-0.2, -0.15) is 0 Å². The Balaban J connectivity index is 1.75. The summed E-state index contributed by atoms with van der Waals surface area (Å²) in [5, 5.41) is 18.5. The second-order valence-electron chi connectivity index (χ2n) is 4.47. The van der Waals surface area contributed by atoms with Crippen LogP contribution in [0.15, 0.2) is 6.20 Å². The van der Waals surface area contributed by atoms with Crippen LogP contribution in [0.25, 0.3) is 0 Å². The number of ether oxygens (including phenoxy) is 1. The van der Waals surface area contributed by atoms with E-state index in [1.165, 1.54) is 10.9 Å². The molecular formula is C11H16N4O4. The van der Waals surface area contributed by atoms with E-state index in [0.29, 0.717) is 12.5 Å². The number of aromatic carboxylic acids is 1. The van der Waals surface area contributed by atoms with E-state index in [1.54, 1.807) is 0 Å². The van der Waals surface area contributed by atoms with E-state index < -0.39 is 5.97 Å². The molecule has 0 atom stereocenters. The Labute approximate surface area is 109 Å². The van der Waals surface area contributed by atoms with Crippen LogP contribution in [0.5, 0.6) is 0 Å². The topological polar surface area (TPSA) is 106 Å². The molecule has 0 radical (unpaired) electrons. The van der Waals surface area contributed by atoms with E-state index >= 15 is 0 Å². The van der Waals surface area contributed by atoms with Gasteiger partial charge in [0.1, 0.15) is 6.54 Å². The molecule has 2 heterocycles. The highest BCUT2D eigenvalue weighted by atomic mass is 16.5. The van der Waals surface area contributed by atoms with Crippen LogP contribution in [-0.2, 0) is 16.1 Å². The van der Waals surface area contributed by atoms with Crippen LogP contribution in [0.2, 0.25) is 0 Å². The number of rotatable bonds is 5. The Morgan fingerprint density at radius 2 is 2.21 bits per heavy atom. The summed E-state index contributed by atoms with van der Waals surface area (Å²) in [6.07, 6.45) is 3.13. The third-order valence-corrected chi connectivity index (χ3v) is 2.99. The van der Waals surface area contributed by atoms with Crippen LogP contribution in [0, 0.1) is 5.92 Å². The number of carboxylic acids is 1. The van der Waals surface area contributed by atoms with Gasteiger partial charge >= 0.3 is 5.97 Å². The first-order chi connectivity index (χ1) is 9.15. The van der Waals surface area contributed by atoms with Gasteiger partial charge in [0.2, 0.25) is 5.91 Å². The summed E-state index contributed by atoms with van der Waals surface area (Å²) < 4.78 is 6.45. The molecule has 19 heavy (non-hydrogen) atoms. The summed E-state index contributed by atoms with van der Waals surface area (Å²) >= 11 is 0. The normalized spacial score (nSPS) is 16.2. The van der Waals surface area contributed by atoms with Gasteiger partial charge in [-0.1, -0.05) is 5.21 Å². The quantitative estimate of drug-likeness (QED) is 0.747. The van der Waals surface area contributed by atoms with Crippen molar-refractivity contribution in [1.82, 2.24) is 20.3 Å². The fraction of sp³-hybridized carbons (Fsp3) is 0.636. The van der Waals surface area contributed by atoms with E-state index in [4.69, 9.17) is 9.84 Å². The molecule has 0 saturated carbocycles. The lowest BCUT2D eigenvalue weighted by Gasteiger charge is -2.22. The summed E-state index contributed by atoms with van der Waals surface area (Å²) in [4.78, 5) is 22.3. The van der Waals surface area contributed by atoms with Crippen molar-refractivity contribution in [3.05, 3.63) is 11.9 Å². The number of aromatic nitrogens is 3. The van der Waals surface area contributed by atoms with Crippen LogP contribution in [0.3, 0.4) is 0 Å². The molecule has 0 aliphatic carbocycles. The molecule has 1 amide bonds. The van der Waals surface area contributed by atoms with Gasteiger partial charge < -0.3 is 15.2 Å². The molecule has 104 valence electrons. The van der Waals surface area contributed by atoms with Gasteiger partial charge in [-0.3, -0.25) is 4.79 Å². The maximum Gasteiger partial charge on any atom is 0.358 e. The number of amides is 1. The molecule has 2 rings (SSSR count). The van der Waals surface area contributed by atoms with Gasteiger partial charge in [-0.15, -0.1) is 5.10 Å². The van der Waals surface area contributed by atoms with E-state index in [9.17, 15) is 9.59 Å². The fourth-order valence-electron chi connectivity index (χ4n) is 1.89. The Hall–Kier alpha value is -1.96. The van der Waals surface area contributed by atoms with E-state index in [2.05, 4.69) is 15.6 Å². The van der Waals surface area contributed by atoms with E-state index in [0.717, 1.165) is 26.1 Å². The number of nitrogens with one attached hydrogen (secondary N) is 1. The lowest BCUT2D eigenvalue weighted by atomic mass is 10.0. The van der Waals surface area contributed by atoms with Crippen molar-refractivity contribution in [1.29, 1.82) is 0 Å². The van der Waals surface area contributed by atoms with Crippen molar-refractivity contribution in [2.45, 2.75) is 19.4 Å². The Kier molecular flexibility index (Phi) is 4.45. The smallest absolute Gasteiger partial charge is 0.358 e. The average Bonchev–Trinajstić information content (AvgIpc) is 2.86. The Morgan fingerprint density at radius 1 is 1.47 bits per heavy atom. The SMILES string of the molecule is O=C(Cn1cc(C(=O)O)nn1)NCC1CCOCC1. The second-order valence-corrected chi connectivity index (χ2v) is 4.47. The largest absolute Gasteiger partial charge is 0.476 e. The third kappa shape index (κ3) is 4.02. The lowest BCUT2D eigenvalue weighted by molar-refractivity contribution is -0.122. The van der Waals surface area contributed by atoms with Gasteiger partial charge in [0.05, 0.1) is 6.20 Å². The first kappa shape index (κ1) is 13.5. The summed E-state index contributed by atoms with van der Waals surface area (Å²) in [5.41, 5.74) is -0.169. The molecule has 1 aliphatic heterocycles. The van der Waals surface area contributed by atoms with Crippen LogP contribution in [-0.4, -0.2) is 51.7 Å². The zero-order chi connectivity index (χ0) is 13.7. The van der Waals surface area contributed by atoms with Gasteiger partial charge in [-0.25, -0.2) is 9.48 Å². The van der Waals surface area contributed by atoms with E-state index in [-0.39, 0.29) is 18.1 Å². The Morgan fingerprint density at radius 3 is 2.84 bits per heavy atom. The highest BCUT2D eigenvalue weighted by molar-refractivity contribution is 5.84. The van der Waals surface area contributed by atoms with Crippen LogP contribution < -0.4 is 5.32 Å². The molecule has 0 bridgehead atoms. The minimum absolute atomic E-state index is 0.0243. The minimum Gasteiger partial charge on any atom is -0.476 e. The number of hydrogen-bond donors (Lipinski definition) is 2. The van der Waals surface area contributed by atoms with Crippen molar-refractivity contribution in [2.75, 3.05) is 19.8 Å². The van der Waals surface area contributed by atoms with Gasteiger partial charge in [-0.05, 0) is 18.8 Å². The second kappa shape index (κ2) is 6.28. The summed E-state index contributed by atoms with van der Waals surface area (Å²) in [5.74, 6) is -0.912. The predicted molar refractivity (Wildman–Crippen MR) is 63.5 cm³/mol. The first-order valence-corrected chi connectivity index (χ1v) is 6.13. The zero-order valence-corrected chi connectivity index (χ0v) is 10.4. The molecule has 1 fully saturated rings. The van der Waals surface area contributed by atoms with Crippen LogP contribution in [0.1, 0.15) is 23.3 Å². The van der Waals surface area contributed by atoms with Crippen molar-refractivity contribution in [3.8, 4) is 0 Å². The molecule has 2 N–H and O–H groups in total. The van der Waals surface area contributed by atoms with Crippen molar-refractivity contribution in [2.24, 2.45) is 5.92 Å². The first-order valence-electron chi connectivity index (χ1n) is 6.13. The number of carboxylic acid groups (broad SMARTS) is 1. The maximum absolute atomic E-state index is 11.7. The molecule has 0 unspecified atom stereocenters. The molecule has 1 aromatic heterocycles. The summed E-state index contributed by atoms with van der Waals surface area (Å²) in [7, 11) is 0. The van der Waals surface area contributed by atoms with E-state index in [1.807, 2.05) is 0 Å². The summed E-state index contributed by atoms with van der Waals surface area (Å²) in [6, 6.07) is 0. The number of carbonyl (C=O) groups excluding carboxylic acids is 1. The third-order valence-electron chi connectivity index (χ3n) is 2.99. The predicted octanol–water partition coefficient (Wildman–Crippen LogP) is -0.481. The van der Waals surface area contributed by atoms with Crippen LogP contribution in [0.4, 0.5) is 0 Å². The molecule has 0 spiro atoms.